The highest BCUT2D eigenvalue weighted by Gasteiger charge is 2.24. The number of H-pyrrole nitrogens is 1. The topological polar surface area (TPSA) is 46.3 Å². The fourth-order valence-electron chi connectivity index (χ4n) is 3.76. The van der Waals surface area contributed by atoms with Crippen LogP contribution < -0.4 is 14.8 Å². The van der Waals surface area contributed by atoms with Crippen LogP contribution in [0.25, 0.3) is 10.9 Å². The Morgan fingerprint density at radius 1 is 1.16 bits per heavy atom. The number of fused-ring (bicyclic) bond motifs is 3. The molecule has 1 atom stereocenters. The van der Waals surface area contributed by atoms with Crippen LogP contribution in [0.15, 0.2) is 36.4 Å². The van der Waals surface area contributed by atoms with E-state index in [4.69, 9.17) is 9.47 Å². The Labute approximate surface area is 161 Å². The summed E-state index contributed by atoms with van der Waals surface area (Å²) < 4.78 is 12.0. The minimum Gasteiger partial charge on any atom is -0.493 e. The van der Waals surface area contributed by atoms with Gasteiger partial charge in [0.2, 0.25) is 0 Å². The van der Waals surface area contributed by atoms with Crippen molar-refractivity contribution in [2.75, 3.05) is 20.8 Å². The van der Waals surface area contributed by atoms with E-state index in [1.165, 1.54) is 27.7 Å². The van der Waals surface area contributed by atoms with Gasteiger partial charge in [0, 0.05) is 16.6 Å². The molecule has 4 rings (SSSR count). The number of rotatable bonds is 4. The van der Waals surface area contributed by atoms with Crippen LogP contribution >= 0.6 is 22.6 Å². The molecule has 2 heterocycles. The fourth-order valence-corrected chi connectivity index (χ4v) is 4.65. The van der Waals surface area contributed by atoms with Gasteiger partial charge in [-0.25, -0.2) is 0 Å². The number of methoxy groups -OCH3 is 2. The van der Waals surface area contributed by atoms with Crippen molar-refractivity contribution in [3.8, 4) is 11.5 Å². The summed E-state index contributed by atoms with van der Waals surface area (Å²) in [6, 6.07) is 13.1. The van der Waals surface area contributed by atoms with Crippen molar-refractivity contribution in [1.29, 1.82) is 0 Å². The molecule has 1 aromatic heterocycles. The molecule has 3 aromatic rings. The van der Waals surface area contributed by atoms with E-state index in [1.807, 2.05) is 0 Å². The second-order valence-electron chi connectivity index (χ2n) is 6.34. The average molecular weight is 448 g/mol. The fraction of sp³-hybridized carbons (Fsp3) is 0.300. The zero-order valence-corrected chi connectivity index (χ0v) is 16.5. The number of ether oxygens (including phenoxy) is 2. The number of halogens is 1. The predicted octanol–water partition coefficient (Wildman–Crippen LogP) is 4.22. The molecule has 130 valence electrons. The van der Waals surface area contributed by atoms with Crippen molar-refractivity contribution in [3.63, 3.8) is 0 Å². The molecule has 1 unspecified atom stereocenters. The third-order valence-electron chi connectivity index (χ3n) is 4.89. The Bertz CT molecular complexity index is 919. The van der Waals surface area contributed by atoms with Crippen LogP contribution in [0, 0.1) is 3.57 Å². The van der Waals surface area contributed by atoms with E-state index in [2.05, 4.69) is 69.3 Å². The zero-order valence-electron chi connectivity index (χ0n) is 14.4. The predicted molar refractivity (Wildman–Crippen MR) is 109 cm³/mol. The van der Waals surface area contributed by atoms with Gasteiger partial charge in [0.15, 0.2) is 11.5 Å². The SMILES string of the molecule is COc1cc(CC2NCCc3c2[nH]c2ccccc32)cc(I)c1OC. The first kappa shape index (κ1) is 16.7. The highest BCUT2D eigenvalue weighted by molar-refractivity contribution is 14.1. The molecule has 4 nitrogen and oxygen atoms in total. The van der Waals surface area contributed by atoms with E-state index in [0.717, 1.165) is 34.5 Å². The van der Waals surface area contributed by atoms with E-state index in [1.54, 1.807) is 14.2 Å². The lowest BCUT2D eigenvalue weighted by Crippen LogP contribution is -2.31. The van der Waals surface area contributed by atoms with Gasteiger partial charge in [-0.15, -0.1) is 0 Å². The summed E-state index contributed by atoms with van der Waals surface area (Å²) in [5.74, 6) is 1.59. The van der Waals surface area contributed by atoms with Gasteiger partial charge in [0.25, 0.3) is 0 Å². The molecule has 0 fully saturated rings. The maximum atomic E-state index is 5.51. The Hall–Kier alpha value is -1.73. The van der Waals surface area contributed by atoms with Crippen molar-refractivity contribution < 1.29 is 9.47 Å². The van der Waals surface area contributed by atoms with Crippen molar-refractivity contribution in [2.24, 2.45) is 0 Å². The van der Waals surface area contributed by atoms with Crippen LogP contribution in [0.3, 0.4) is 0 Å². The summed E-state index contributed by atoms with van der Waals surface area (Å²) in [5, 5.41) is 5.02. The quantitative estimate of drug-likeness (QED) is 0.588. The van der Waals surface area contributed by atoms with Gasteiger partial charge in [0.1, 0.15) is 0 Å². The number of aromatic nitrogens is 1. The normalized spacial score (nSPS) is 16.7. The summed E-state index contributed by atoms with van der Waals surface area (Å²) in [5.41, 5.74) is 5.24. The summed E-state index contributed by atoms with van der Waals surface area (Å²) in [6.07, 6.45) is 1.98. The van der Waals surface area contributed by atoms with Crippen LogP contribution in [0.4, 0.5) is 0 Å². The van der Waals surface area contributed by atoms with Gasteiger partial charge < -0.3 is 19.8 Å². The van der Waals surface area contributed by atoms with Crippen LogP contribution in [-0.2, 0) is 12.8 Å². The van der Waals surface area contributed by atoms with E-state index < -0.39 is 0 Å². The molecule has 0 radical (unpaired) electrons. The van der Waals surface area contributed by atoms with Crippen LogP contribution in [0.1, 0.15) is 22.9 Å². The molecule has 2 N–H and O–H groups in total. The number of aromatic amines is 1. The summed E-state index contributed by atoms with van der Waals surface area (Å²) in [4.78, 5) is 3.63. The Balaban J connectivity index is 1.70. The van der Waals surface area contributed by atoms with Crippen LogP contribution in [0.2, 0.25) is 0 Å². The highest BCUT2D eigenvalue weighted by atomic mass is 127. The number of hydrogen-bond donors (Lipinski definition) is 2. The van der Waals surface area contributed by atoms with E-state index in [0.29, 0.717) is 0 Å². The zero-order chi connectivity index (χ0) is 17.4. The van der Waals surface area contributed by atoms with E-state index >= 15 is 0 Å². The van der Waals surface area contributed by atoms with Gasteiger partial charge >= 0.3 is 0 Å². The lowest BCUT2D eigenvalue weighted by atomic mass is 9.94. The molecular weight excluding hydrogens is 427 g/mol. The first-order valence-corrected chi connectivity index (χ1v) is 9.52. The smallest absolute Gasteiger partial charge is 0.174 e. The van der Waals surface area contributed by atoms with Gasteiger partial charge in [-0.3, -0.25) is 0 Å². The highest BCUT2D eigenvalue weighted by Crippen LogP contribution is 2.36. The molecule has 1 aliphatic heterocycles. The lowest BCUT2D eigenvalue weighted by molar-refractivity contribution is 0.352. The first-order valence-electron chi connectivity index (χ1n) is 8.44. The molecule has 1 aliphatic rings. The number of para-hydroxylation sites is 1. The summed E-state index contributed by atoms with van der Waals surface area (Å²) >= 11 is 2.31. The lowest BCUT2D eigenvalue weighted by Gasteiger charge is -2.25. The third kappa shape index (κ3) is 3.00. The van der Waals surface area contributed by atoms with Crippen LogP contribution in [0.5, 0.6) is 11.5 Å². The Kier molecular flexibility index (Phi) is 4.60. The molecule has 0 bridgehead atoms. The summed E-state index contributed by atoms with van der Waals surface area (Å²) in [7, 11) is 3.37. The molecule has 5 heteroatoms. The van der Waals surface area contributed by atoms with E-state index in [9.17, 15) is 0 Å². The number of nitrogens with one attached hydrogen (secondary N) is 2. The second kappa shape index (κ2) is 6.88. The third-order valence-corrected chi connectivity index (χ3v) is 5.70. The molecule has 0 amide bonds. The number of benzene rings is 2. The van der Waals surface area contributed by atoms with E-state index in [-0.39, 0.29) is 6.04 Å². The van der Waals surface area contributed by atoms with Crippen molar-refractivity contribution in [3.05, 3.63) is 56.8 Å². The minimum absolute atomic E-state index is 0.282. The maximum absolute atomic E-state index is 5.51. The van der Waals surface area contributed by atoms with Gasteiger partial charge in [0.05, 0.1) is 23.8 Å². The van der Waals surface area contributed by atoms with Crippen molar-refractivity contribution in [2.45, 2.75) is 18.9 Å². The Morgan fingerprint density at radius 3 is 2.80 bits per heavy atom. The largest absolute Gasteiger partial charge is 0.493 e. The molecular formula is C20H21IN2O2. The molecule has 25 heavy (non-hydrogen) atoms. The van der Waals surface area contributed by atoms with Gasteiger partial charge in [-0.05, 0) is 71.3 Å². The van der Waals surface area contributed by atoms with Crippen LogP contribution in [-0.4, -0.2) is 25.7 Å². The van der Waals surface area contributed by atoms with Crippen molar-refractivity contribution >= 4 is 33.5 Å². The molecule has 0 saturated heterocycles. The average Bonchev–Trinajstić information content (AvgIpc) is 3.01. The molecule has 0 aliphatic carbocycles. The first-order chi connectivity index (χ1) is 12.2. The monoisotopic (exact) mass is 448 g/mol. The standard InChI is InChI=1S/C20H21IN2O2/c1-24-18-11-12(9-15(21)20(18)25-2)10-17-19-14(7-8-22-17)13-5-3-4-6-16(13)23-19/h3-6,9,11,17,22-23H,7-8,10H2,1-2H3. The van der Waals surface area contributed by atoms with Crippen molar-refractivity contribution in [1.82, 2.24) is 10.3 Å². The minimum atomic E-state index is 0.282. The second-order valence-corrected chi connectivity index (χ2v) is 7.50. The van der Waals surface area contributed by atoms with Gasteiger partial charge in [-0.1, -0.05) is 18.2 Å². The molecule has 2 aromatic carbocycles. The Morgan fingerprint density at radius 2 is 2.00 bits per heavy atom. The van der Waals surface area contributed by atoms with Gasteiger partial charge in [-0.2, -0.15) is 0 Å². The maximum Gasteiger partial charge on any atom is 0.174 e. The molecule has 0 saturated carbocycles. The summed E-state index contributed by atoms with van der Waals surface area (Å²) in [6.45, 7) is 1.00. The number of hydrogen-bond acceptors (Lipinski definition) is 3. The molecule has 0 spiro atoms.